The molecule has 282 valence electrons. The molecule has 0 saturated carbocycles. The molecule has 4 heterocycles. The van der Waals surface area contributed by atoms with Crippen molar-refractivity contribution < 1.29 is 20.1 Å². The molecule has 1 aliphatic carbocycles. The minimum atomic E-state index is -0.799. The number of hydrogen-bond donors (Lipinski definition) is 4. The number of phenols is 1. The van der Waals surface area contributed by atoms with Crippen molar-refractivity contribution in [2.75, 3.05) is 55.6 Å². The van der Waals surface area contributed by atoms with Crippen LogP contribution in [0.3, 0.4) is 0 Å². The number of benzene rings is 4. The topological polar surface area (TPSA) is 103 Å². The molecule has 0 spiro atoms. The molecule has 1 amide bonds. The van der Waals surface area contributed by atoms with E-state index in [1.165, 1.54) is 46.5 Å². The molecule has 0 aromatic heterocycles. The SMILES string of the molecule is O=C1NC(O)CC[C@@H]1N1Cc2cc(N3CCN(CC4CCN(c5ccc([C@@H]6c7ccc(O)cc7CC[C@@H]6c6ccccc6)cc5)CC4)CC3)ccc2C1O. The molecule has 4 aromatic carbocycles. The lowest BCUT2D eigenvalue weighted by atomic mass is 9.69. The molecular weight excluding hydrogens is 675 g/mol. The van der Waals surface area contributed by atoms with Crippen molar-refractivity contribution in [2.45, 2.75) is 75.4 Å². The van der Waals surface area contributed by atoms with E-state index in [9.17, 15) is 20.1 Å². The van der Waals surface area contributed by atoms with Crippen LogP contribution in [0.2, 0.25) is 0 Å². The van der Waals surface area contributed by atoms with E-state index in [-0.39, 0.29) is 11.8 Å². The number of anilines is 2. The lowest BCUT2D eigenvalue weighted by molar-refractivity contribution is -0.139. The standard InChI is InChI=1S/C45H53N5O4/c51-37-12-15-39-33(27-37)8-13-38(31-4-2-1-3-5-31)43(39)32-6-9-35(10-7-32)48-20-18-30(19-21-48)28-47-22-24-49(25-23-47)36-11-14-40-34(26-36)29-50(45(40)54)41-16-17-42(52)46-44(41)53/h1-7,9-12,14-15,26-27,30,38,41-43,45,51-52,54H,8,13,16-25,28-29H2,(H,46,53)/t38-,41+,42?,43+,45?/m1/s1. The molecule has 3 saturated heterocycles. The van der Waals surface area contributed by atoms with Crippen LogP contribution in [-0.4, -0.2) is 89.1 Å². The van der Waals surface area contributed by atoms with Crippen LogP contribution in [0.4, 0.5) is 11.4 Å². The van der Waals surface area contributed by atoms with E-state index in [1.54, 1.807) is 0 Å². The number of piperidine rings is 2. The molecule has 4 aliphatic heterocycles. The first-order chi connectivity index (χ1) is 26.4. The van der Waals surface area contributed by atoms with Gasteiger partial charge in [0.25, 0.3) is 0 Å². The summed E-state index contributed by atoms with van der Waals surface area (Å²) in [6.45, 7) is 7.93. The van der Waals surface area contributed by atoms with Gasteiger partial charge in [-0.05, 0) is 115 Å². The first-order valence-corrected chi connectivity index (χ1v) is 20.1. The van der Waals surface area contributed by atoms with E-state index in [0.717, 1.165) is 69.8 Å². The van der Waals surface area contributed by atoms with E-state index < -0.39 is 18.5 Å². The Labute approximate surface area is 318 Å². The summed E-state index contributed by atoms with van der Waals surface area (Å²) >= 11 is 0. The molecule has 3 fully saturated rings. The summed E-state index contributed by atoms with van der Waals surface area (Å²) in [5.41, 5.74) is 9.82. The molecule has 4 aromatic rings. The summed E-state index contributed by atoms with van der Waals surface area (Å²) in [5, 5.41) is 33.7. The Morgan fingerprint density at radius 2 is 1.39 bits per heavy atom. The molecule has 5 atom stereocenters. The molecule has 9 nitrogen and oxygen atoms in total. The fourth-order valence-corrected chi connectivity index (χ4v) is 10.1. The first-order valence-electron chi connectivity index (χ1n) is 20.1. The molecule has 9 rings (SSSR count). The predicted octanol–water partition coefficient (Wildman–Crippen LogP) is 5.70. The highest BCUT2D eigenvalue weighted by atomic mass is 16.3. The molecule has 0 radical (unpaired) electrons. The van der Waals surface area contributed by atoms with E-state index in [0.29, 0.717) is 37.0 Å². The summed E-state index contributed by atoms with van der Waals surface area (Å²) in [4.78, 5) is 22.1. The van der Waals surface area contributed by atoms with Crippen molar-refractivity contribution in [3.63, 3.8) is 0 Å². The highest BCUT2D eigenvalue weighted by molar-refractivity contribution is 5.82. The molecule has 9 heteroatoms. The molecule has 0 bridgehead atoms. The number of carbonyl (C=O) groups excluding carboxylic acids is 1. The fraction of sp³-hybridized carbons (Fsp3) is 0.444. The Hall–Kier alpha value is -4.41. The Morgan fingerprint density at radius 3 is 2.15 bits per heavy atom. The fourth-order valence-electron chi connectivity index (χ4n) is 10.1. The number of fused-ring (bicyclic) bond motifs is 2. The Balaban J connectivity index is 0.778. The largest absolute Gasteiger partial charge is 0.508 e. The maximum absolute atomic E-state index is 12.6. The summed E-state index contributed by atoms with van der Waals surface area (Å²) in [7, 11) is 0. The predicted molar refractivity (Wildman–Crippen MR) is 212 cm³/mol. The van der Waals surface area contributed by atoms with Gasteiger partial charge < -0.3 is 30.4 Å². The van der Waals surface area contributed by atoms with Gasteiger partial charge in [0.15, 0.2) is 0 Å². The third-order valence-corrected chi connectivity index (χ3v) is 13.1. The number of aromatic hydroxyl groups is 1. The van der Waals surface area contributed by atoms with Gasteiger partial charge in [0.2, 0.25) is 5.91 Å². The van der Waals surface area contributed by atoms with Gasteiger partial charge >= 0.3 is 0 Å². The van der Waals surface area contributed by atoms with Crippen molar-refractivity contribution in [2.24, 2.45) is 5.92 Å². The highest BCUT2D eigenvalue weighted by Crippen LogP contribution is 2.47. The normalized spacial score (nSPS) is 26.7. The zero-order valence-electron chi connectivity index (χ0n) is 31.1. The molecule has 4 N–H and O–H groups in total. The highest BCUT2D eigenvalue weighted by Gasteiger charge is 2.40. The second kappa shape index (κ2) is 15.0. The average Bonchev–Trinajstić information content (AvgIpc) is 3.53. The van der Waals surface area contributed by atoms with E-state index in [1.807, 2.05) is 23.1 Å². The van der Waals surface area contributed by atoms with Crippen molar-refractivity contribution >= 4 is 17.3 Å². The van der Waals surface area contributed by atoms with Crippen LogP contribution in [0.25, 0.3) is 0 Å². The van der Waals surface area contributed by atoms with Gasteiger partial charge in [-0.25, -0.2) is 0 Å². The van der Waals surface area contributed by atoms with Crippen LogP contribution in [-0.2, 0) is 17.8 Å². The zero-order valence-corrected chi connectivity index (χ0v) is 31.1. The van der Waals surface area contributed by atoms with Crippen LogP contribution in [0.5, 0.6) is 5.75 Å². The maximum Gasteiger partial charge on any atom is 0.239 e. The smallest absolute Gasteiger partial charge is 0.239 e. The minimum Gasteiger partial charge on any atom is -0.508 e. The number of amides is 1. The second-order valence-corrected chi connectivity index (χ2v) is 16.3. The van der Waals surface area contributed by atoms with Crippen LogP contribution in [0.1, 0.15) is 83.5 Å². The molecule has 54 heavy (non-hydrogen) atoms. The molecule has 5 aliphatic rings. The van der Waals surface area contributed by atoms with Crippen molar-refractivity contribution in [3.8, 4) is 5.75 Å². The van der Waals surface area contributed by atoms with Gasteiger partial charge in [0.05, 0.1) is 6.04 Å². The summed E-state index contributed by atoms with van der Waals surface area (Å²) < 4.78 is 0. The van der Waals surface area contributed by atoms with Crippen molar-refractivity contribution in [3.05, 3.63) is 124 Å². The van der Waals surface area contributed by atoms with Crippen LogP contribution < -0.4 is 15.1 Å². The lowest BCUT2D eigenvalue weighted by Crippen LogP contribution is -2.53. The minimum absolute atomic E-state index is 0.209. The number of carbonyl (C=O) groups is 1. The number of aliphatic hydroxyl groups is 2. The van der Waals surface area contributed by atoms with Gasteiger partial charge in [0, 0.05) is 75.2 Å². The number of rotatable bonds is 7. The number of aliphatic hydroxyl groups excluding tert-OH is 2. The first kappa shape index (κ1) is 35.3. The van der Waals surface area contributed by atoms with Gasteiger partial charge in [-0.1, -0.05) is 54.6 Å². The van der Waals surface area contributed by atoms with Gasteiger partial charge in [-0.2, -0.15) is 0 Å². The Morgan fingerprint density at radius 1 is 0.667 bits per heavy atom. The second-order valence-electron chi connectivity index (χ2n) is 16.3. The monoisotopic (exact) mass is 727 g/mol. The number of piperazine rings is 1. The van der Waals surface area contributed by atoms with E-state index in [4.69, 9.17) is 0 Å². The van der Waals surface area contributed by atoms with Gasteiger partial charge in [0.1, 0.15) is 18.2 Å². The number of nitrogens with zero attached hydrogens (tertiary/aromatic N) is 4. The third kappa shape index (κ3) is 6.99. The summed E-state index contributed by atoms with van der Waals surface area (Å²) in [6.07, 6.45) is 3.92. The number of hydrogen-bond acceptors (Lipinski definition) is 8. The Kier molecular flexibility index (Phi) is 9.82. The lowest BCUT2D eigenvalue weighted by Gasteiger charge is -2.40. The quantitative estimate of drug-likeness (QED) is 0.193. The Bertz CT molecular complexity index is 1940. The number of phenolic OH excluding ortho intramolecular Hbond substituents is 1. The zero-order chi connectivity index (χ0) is 36.8. The van der Waals surface area contributed by atoms with Gasteiger partial charge in [-0.3, -0.25) is 14.6 Å². The van der Waals surface area contributed by atoms with Crippen LogP contribution in [0, 0.1) is 5.92 Å². The number of nitrogens with one attached hydrogen (secondary N) is 1. The summed E-state index contributed by atoms with van der Waals surface area (Å²) in [6, 6.07) is 32.2. The van der Waals surface area contributed by atoms with Crippen LogP contribution in [0.15, 0.2) is 91.0 Å². The average molecular weight is 728 g/mol. The maximum atomic E-state index is 12.6. The third-order valence-electron chi connectivity index (χ3n) is 13.1. The van der Waals surface area contributed by atoms with Crippen molar-refractivity contribution in [1.82, 2.24) is 15.1 Å². The van der Waals surface area contributed by atoms with Crippen molar-refractivity contribution in [1.29, 1.82) is 0 Å². The van der Waals surface area contributed by atoms with Crippen LogP contribution >= 0.6 is 0 Å². The molecular formula is C45H53N5O4. The van der Waals surface area contributed by atoms with E-state index >= 15 is 0 Å². The molecule has 2 unspecified atom stereocenters. The number of aryl methyl sites for hydroxylation is 1. The van der Waals surface area contributed by atoms with Gasteiger partial charge in [-0.15, -0.1) is 0 Å². The van der Waals surface area contributed by atoms with E-state index in [2.05, 4.69) is 92.8 Å². The summed E-state index contributed by atoms with van der Waals surface area (Å²) in [5.74, 6) is 1.53.